The molecule has 0 atom stereocenters. The van der Waals surface area contributed by atoms with Gasteiger partial charge >= 0.3 is 5.97 Å². The summed E-state index contributed by atoms with van der Waals surface area (Å²) in [6.07, 6.45) is 0. The van der Waals surface area contributed by atoms with Crippen LogP contribution >= 0.6 is 12.2 Å². The van der Waals surface area contributed by atoms with Crippen LogP contribution in [0.15, 0.2) is 42.5 Å². The molecule has 2 aromatic rings. The number of amides is 1. The van der Waals surface area contributed by atoms with Gasteiger partial charge in [-0.15, -0.1) is 0 Å². The van der Waals surface area contributed by atoms with Gasteiger partial charge in [0.2, 0.25) is 0 Å². The van der Waals surface area contributed by atoms with E-state index in [-0.39, 0.29) is 21.9 Å². The Hall–Kier alpha value is -3.33. The van der Waals surface area contributed by atoms with Crippen LogP contribution in [0.2, 0.25) is 0 Å². The number of hydrogen-bond donors (Lipinski definition) is 2. The first-order valence-electron chi connectivity index (χ1n) is 7.37. The smallest absolute Gasteiger partial charge is 0.337 e. The Morgan fingerprint density at radius 3 is 2.46 bits per heavy atom. The van der Waals surface area contributed by atoms with E-state index in [0.29, 0.717) is 11.3 Å². The van der Waals surface area contributed by atoms with Gasteiger partial charge in [0.05, 0.1) is 17.6 Å². The first-order valence-corrected chi connectivity index (χ1v) is 7.78. The Bertz CT molecular complexity index is 898. The second-order valence-corrected chi connectivity index (χ2v) is 5.65. The van der Waals surface area contributed by atoms with Gasteiger partial charge in [-0.3, -0.25) is 20.2 Å². The molecule has 2 rings (SSSR count). The highest BCUT2D eigenvalue weighted by Gasteiger charge is 2.13. The first-order chi connectivity index (χ1) is 12.3. The molecule has 0 aliphatic rings. The number of carbonyl (C=O) groups is 2. The number of esters is 1. The summed E-state index contributed by atoms with van der Waals surface area (Å²) < 4.78 is 4.61. The largest absolute Gasteiger partial charge is 0.465 e. The molecule has 0 radical (unpaired) electrons. The molecular weight excluding hydrogens is 358 g/mol. The van der Waals surface area contributed by atoms with Gasteiger partial charge in [0.15, 0.2) is 5.11 Å². The van der Waals surface area contributed by atoms with Crippen molar-refractivity contribution in [3.63, 3.8) is 0 Å². The molecule has 1 amide bonds. The van der Waals surface area contributed by atoms with Crippen LogP contribution < -0.4 is 10.6 Å². The number of nitrogens with zero attached hydrogens (tertiary/aromatic N) is 1. The maximum atomic E-state index is 12.3. The normalized spacial score (nSPS) is 9.92. The third-order valence-corrected chi connectivity index (χ3v) is 3.65. The predicted octanol–water partition coefficient (Wildman–Crippen LogP) is 2.82. The Balaban J connectivity index is 2.07. The van der Waals surface area contributed by atoms with Gasteiger partial charge in [-0.25, -0.2) is 4.79 Å². The van der Waals surface area contributed by atoms with Crippen LogP contribution in [0.3, 0.4) is 0 Å². The minimum atomic E-state index is -0.554. The average Bonchev–Trinajstić information content (AvgIpc) is 2.62. The lowest BCUT2D eigenvalue weighted by molar-refractivity contribution is -0.384. The lowest BCUT2D eigenvalue weighted by Crippen LogP contribution is -2.34. The maximum Gasteiger partial charge on any atom is 0.337 e. The fraction of sp³-hybridized carbons (Fsp3) is 0.118. The van der Waals surface area contributed by atoms with E-state index in [1.165, 1.54) is 43.5 Å². The number of thiocarbonyl (C=S) groups is 1. The molecule has 0 aliphatic carbocycles. The molecule has 2 aromatic carbocycles. The zero-order chi connectivity index (χ0) is 19.3. The number of benzene rings is 2. The summed E-state index contributed by atoms with van der Waals surface area (Å²) in [5.41, 5.74) is 1.57. The van der Waals surface area contributed by atoms with Gasteiger partial charge in [0.25, 0.3) is 11.6 Å². The van der Waals surface area contributed by atoms with Crippen LogP contribution in [0.1, 0.15) is 26.3 Å². The van der Waals surface area contributed by atoms with Crippen LogP contribution in [0.5, 0.6) is 0 Å². The number of methoxy groups -OCH3 is 1. The third kappa shape index (κ3) is 4.61. The summed E-state index contributed by atoms with van der Waals surface area (Å²) in [5.74, 6) is -1.06. The van der Waals surface area contributed by atoms with E-state index in [0.717, 1.165) is 0 Å². The number of nitro benzene ring substituents is 1. The standard InChI is InChI=1S/C17H15N3O5S/c1-10-8-13(20(23)24)6-7-14(10)18-17(26)19-15(21)11-4-3-5-12(9-11)16(22)25-2/h3-9H,1-2H3,(H2,18,19,21,26). The quantitative estimate of drug-likeness (QED) is 0.367. The van der Waals surface area contributed by atoms with E-state index in [4.69, 9.17) is 12.2 Å². The third-order valence-electron chi connectivity index (χ3n) is 3.44. The minimum absolute atomic E-state index is 0.0235. The van der Waals surface area contributed by atoms with Crippen molar-refractivity contribution in [3.8, 4) is 0 Å². The molecule has 134 valence electrons. The van der Waals surface area contributed by atoms with Crippen LogP contribution in [-0.4, -0.2) is 29.0 Å². The number of aryl methyl sites for hydroxylation is 1. The van der Waals surface area contributed by atoms with E-state index in [9.17, 15) is 19.7 Å². The lowest BCUT2D eigenvalue weighted by atomic mass is 10.1. The Morgan fingerprint density at radius 1 is 1.15 bits per heavy atom. The second-order valence-electron chi connectivity index (χ2n) is 5.24. The van der Waals surface area contributed by atoms with Gasteiger partial charge in [0, 0.05) is 23.4 Å². The van der Waals surface area contributed by atoms with Crippen LogP contribution in [-0.2, 0) is 4.74 Å². The van der Waals surface area contributed by atoms with E-state index >= 15 is 0 Å². The number of anilines is 1. The van der Waals surface area contributed by atoms with Crippen molar-refractivity contribution in [2.75, 3.05) is 12.4 Å². The van der Waals surface area contributed by atoms with Crippen molar-refractivity contribution >= 4 is 40.6 Å². The zero-order valence-electron chi connectivity index (χ0n) is 13.9. The summed E-state index contributed by atoms with van der Waals surface area (Å²) in [6, 6.07) is 10.2. The number of rotatable bonds is 4. The topological polar surface area (TPSA) is 111 Å². The molecule has 0 spiro atoms. The monoisotopic (exact) mass is 373 g/mol. The number of carbonyl (C=O) groups excluding carboxylic acids is 2. The van der Waals surface area contributed by atoms with Gasteiger partial charge in [0.1, 0.15) is 0 Å². The van der Waals surface area contributed by atoms with Crippen molar-refractivity contribution in [3.05, 3.63) is 69.3 Å². The molecular formula is C17H15N3O5S. The Morgan fingerprint density at radius 2 is 1.85 bits per heavy atom. The van der Waals surface area contributed by atoms with Crippen molar-refractivity contribution in [2.24, 2.45) is 0 Å². The summed E-state index contributed by atoms with van der Waals surface area (Å²) in [6.45, 7) is 1.68. The highest BCUT2D eigenvalue weighted by atomic mass is 32.1. The van der Waals surface area contributed by atoms with Crippen molar-refractivity contribution < 1.29 is 19.2 Å². The molecule has 2 N–H and O–H groups in total. The molecule has 0 unspecified atom stereocenters. The number of hydrogen-bond acceptors (Lipinski definition) is 6. The molecule has 0 bridgehead atoms. The van der Waals surface area contributed by atoms with E-state index in [2.05, 4.69) is 15.4 Å². The van der Waals surface area contributed by atoms with Crippen LogP contribution in [0.25, 0.3) is 0 Å². The van der Waals surface area contributed by atoms with E-state index in [1.807, 2.05) is 0 Å². The molecule has 0 saturated heterocycles. The highest BCUT2D eigenvalue weighted by Crippen LogP contribution is 2.21. The fourth-order valence-corrected chi connectivity index (χ4v) is 2.34. The molecule has 8 nitrogen and oxygen atoms in total. The Kier molecular flexibility index (Phi) is 5.97. The van der Waals surface area contributed by atoms with Gasteiger partial charge < -0.3 is 10.1 Å². The van der Waals surface area contributed by atoms with Crippen LogP contribution in [0.4, 0.5) is 11.4 Å². The summed E-state index contributed by atoms with van der Waals surface area (Å²) in [7, 11) is 1.25. The van der Waals surface area contributed by atoms with Crippen molar-refractivity contribution in [1.29, 1.82) is 0 Å². The minimum Gasteiger partial charge on any atom is -0.465 e. The molecule has 9 heteroatoms. The second kappa shape index (κ2) is 8.17. The molecule has 0 aromatic heterocycles. The predicted molar refractivity (Wildman–Crippen MR) is 99.3 cm³/mol. The van der Waals surface area contributed by atoms with Crippen molar-refractivity contribution in [2.45, 2.75) is 6.92 Å². The van der Waals surface area contributed by atoms with Crippen LogP contribution in [0, 0.1) is 17.0 Å². The van der Waals surface area contributed by atoms with Gasteiger partial charge in [-0.1, -0.05) is 6.07 Å². The summed E-state index contributed by atoms with van der Waals surface area (Å²) in [5, 5.41) is 16.1. The summed E-state index contributed by atoms with van der Waals surface area (Å²) >= 11 is 5.09. The summed E-state index contributed by atoms with van der Waals surface area (Å²) in [4.78, 5) is 34.0. The molecule has 0 saturated carbocycles. The van der Waals surface area contributed by atoms with E-state index < -0.39 is 16.8 Å². The van der Waals surface area contributed by atoms with E-state index in [1.54, 1.807) is 13.0 Å². The molecule has 26 heavy (non-hydrogen) atoms. The van der Waals surface area contributed by atoms with Gasteiger partial charge in [-0.05, 0) is 49.0 Å². The number of non-ortho nitro benzene ring substituents is 1. The molecule has 0 aliphatic heterocycles. The fourth-order valence-electron chi connectivity index (χ4n) is 2.14. The maximum absolute atomic E-state index is 12.3. The zero-order valence-corrected chi connectivity index (χ0v) is 14.8. The highest BCUT2D eigenvalue weighted by molar-refractivity contribution is 7.80. The number of nitro groups is 1. The Labute approximate surface area is 154 Å². The average molecular weight is 373 g/mol. The molecule has 0 fully saturated rings. The first kappa shape index (κ1) is 19.0. The SMILES string of the molecule is COC(=O)c1cccc(C(=O)NC(=S)Nc2ccc([N+](=O)[O-])cc2C)c1. The van der Waals surface area contributed by atoms with Crippen molar-refractivity contribution in [1.82, 2.24) is 5.32 Å². The van der Waals surface area contributed by atoms with Gasteiger partial charge in [-0.2, -0.15) is 0 Å². The lowest BCUT2D eigenvalue weighted by Gasteiger charge is -2.12. The molecule has 0 heterocycles. The number of ether oxygens (including phenoxy) is 1. The number of nitrogens with one attached hydrogen (secondary N) is 2.